The molecular weight excluding hydrogens is 290 g/mol. The summed E-state index contributed by atoms with van der Waals surface area (Å²) in [6.45, 7) is 6.24. The molecule has 1 atom stereocenters. The fraction of sp³-hybridized carbons (Fsp3) is 0.316. The van der Waals surface area contributed by atoms with Gasteiger partial charge in [-0.2, -0.15) is 0 Å². The number of nitrogens with one attached hydrogen (secondary N) is 1. The molecule has 0 aliphatic carbocycles. The standard InChI is InChI=1S/C19H23NO3/c1-13-5-4-6-18(9-13)23-12-17(21)11-20-19(22)16-8-7-14(2)15(3)10-16/h4-10,17,21H,11-12H2,1-3H3,(H,20,22)/t17-/m0/s1. The first-order chi connectivity index (χ1) is 11.0. The maximum atomic E-state index is 12.1. The maximum Gasteiger partial charge on any atom is 0.251 e. The summed E-state index contributed by atoms with van der Waals surface area (Å²) in [4.78, 5) is 12.1. The van der Waals surface area contributed by atoms with Crippen molar-refractivity contribution in [2.24, 2.45) is 0 Å². The van der Waals surface area contributed by atoms with Crippen LogP contribution in [0.3, 0.4) is 0 Å². The lowest BCUT2D eigenvalue weighted by atomic mass is 10.1. The number of aliphatic hydroxyl groups is 1. The van der Waals surface area contributed by atoms with Crippen molar-refractivity contribution in [3.05, 3.63) is 64.7 Å². The number of aryl methyl sites for hydroxylation is 3. The van der Waals surface area contributed by atoms with Gasteiger partial charge in [0.25, 0.3) is 5.91 Å². The van der Waals surface area contributed by atoms with E-state index in [0.29, 0.717) is 11.3 Å². The summed E-state index contributed by atoms with van der Waals surface area (Å²) in [6, 6.07) is 13.2. The summed E-state index contributed by atoms with van der Waals surface area (Å²) in [7, 11) is 0. The molecule has 2 aromatic rings. The molecular formula is C19H23NO3. The Balaban J connectivity index is 1.80. The van der Waals surface area contributed by atoms with Crippen LogP contribution >= 0.6 is 0 Å². The summed E-state index contributed by atoms with van der Waals surface area (Å²) >= 11 is 0. The molecule has 0 aromatic heterocycles. The van der Waals surface area contributed by atoms with E-state index in [1.165, 1.54) is 0 Å². The fourth-order valence-corrected chi connectivity index (χ4v) is 2.15. The van der Waals surface area contributed by atoms with E-state index >= 15 is 0 Å². The zero-order valence-electron chi connectivity index (χ0n) is 13.8. The van der Waals surface area contributed by atoms with Gasteiger partial charge in [0.2, 0.25) is 0 Å². The van der Waals surface area contributed by atoms with Crippen LogP contribution in [0.2, 0.25) is 0 Å². The van der Waals surface area contributed by atoms with Crippen LogP contribution in [-0.2, 0) is 0 Å². The highest BCUT2D eigenvalue weighted by Gasteiger charge is 2.10. The van der Waals surface area contributed by atoms with Crippen molar-refractivity contribution in [1.29, 1.82) is 0 Å². The SMILES string of the molecule is Cc1cccc(OC[C@@H](O)CNC(=O)c2ccc(C)c(C)c2)c1. The van der Waals surface area contributed by atoms with E-state index in [9.17, 15) is 9.90 Å². The lowest BCUT2D eigenvalue weighted by molar-refractivity contribution is 0.0843. The van der Waals surface area contributed by atoms with Crippen LogP contribution in [-0.4, -0.2) is 30.3 Å². The van der Waals surface area contributed by atoms with Crippen LogP contribution in [0.15, 0.2) is 42.5 Å². The lowest BCUT2D eigenvalue weighted by Gasteiger charge is -2.14. The molecule has 1 amide bonds. The molecule has 0 fully saturated rings. The van der Waals surface area contributed by atoms with Crippen LogP contribution in [0.1, 0.15) is 27.0 Å². The Morgan fingerprint density at radius 1 is 1.13 bits per heavy atom. The van der Waals surface area contributed by atoms with E-state index in [-0.39, 0.29) is 19.1 Å². The number of hydrogen-bond acceptors (Lipinski definition) is 3. The smallest absolute Gasteiger partial charge is 0.251 e. The topological polar surface area (TPSA) is 58.6 Å². The Labute approximate surface area is 137 Å². The number of amides is 1. The second-order valence-corrected chi connectivity index (χ2v) is 5.79. The van der Waals surface area contributed by atoms with Crippen LogP contribution in [0.25, 0.3) is 0 Å². The molecule has 2 aromatic carbocycles. The Kier molecular flexibility index (Phi) is 5.77. The summed E-state index contributed by atoms with van der Waals surface area (Å²) in [5, 5.41) is 12.7. The molecule has 0 unspecified atom stereocenters. The monoisotopic (exact) mass is 313 g/mol. The molecule has 0 radical (unpaired) electrons. The van der Waals surface area contributed by atoms with Crippen LogP contribution in [0.5, 0.6) is 5.75 Å². The molecule has 0 aliphatic rings. The minimum atomic E-state index is -0.758. The number of carbonyl (C=O) groups excluding carboxylic acids is 1. The van der Waals surface area contributed by atoms with Crippen molar-refractivity contribution in [3.8, 4) is 5.75 Å². The third-order valence-electron chi connectivity index (χ3n) is 3.70. The van der Waals surface area contributed by atoms with Crippen LogP contribution < -0.4 is 10.1 Å². The van der Waals surface area contributed by atoms with Crippen molar-refractivity contribution in [2.75, 3.05) is 13.2 Å². The second kappa shape index (κ2) is 7.79. The number of aliphatic hydroxyl groups excluding tert-OH is 1. The van der Waals surface area contributed by atoms with Gasteiger partial charge >= 0.3 is 0 Å². The molecule has 23 heavy (non-hydrogen) atoms. The Hall–Kier alpha value is -2.33. The van der Waals surface area contributed by atoms with E-state index in [0.717, 1.165) is 16.7 Å². The van der Waals surface area contributed by atoms with Crippen molar-refractivity contribution in [2.45, 2.75) is 26.9 Å². The van der Waals surface area contributed by atoms with E-state index in [1.807, 2.05) is 57.2 Å². The predicted molar refractivity (Wildman–Crippen MR) is 90.9 cm³/mol. The van der Waals surface area contributed by atoms with Gasteiger partial charge in [-0.3, -0.25) is 4.79 Å². The highest BCUT2D eigenvalue weighted by Crippen LogP contribution is 2.12. The van der Waals surface area contributed by atoms with Gasteiger partial charge in [-0.05, 0) is 61.7 Å². The van der Waals surface area contributed by atoms with Gasteiger partial charge in [0.05, 0.1) is 0 Å². The summed E-state index contributed by atoms with van der Waals surface area (Å²) in [5.41, 5.74) is 3.91. The summed E-state index contributed by atoms with van der Waals surface area (Å²) in [6.07, 6.45) is -0.758. The first kappa shape index (κ1) is 17.0. The molecule has 4 nitrogen and oxygen atoms in total. The molecule has 0 spiro atoms. The molecule has 4 heteroatoms. The Bertz CT molecular complexity index is 682. The average molecular weight is 313 g/mol. The van der Waals surface area contributed by atoms with Gasteiger partial charge in [0.1, 0.15) is 18.5 Å². The predicted octanol–water partition coefficient (Wildman–Crippen LogP) is 2.78. The number of benzene rings is 2. The Morgan fingerprint density at radius 2 is 1.91 bits per heavy atom. The number of ether oxygens (including phenoxy) is 1. The highest BCUT2D eigenvalue weighted by atomic mass is 16.5. The highest BCUT2D eigenvalue weighted by molar-refractivity contribution is 5.94. The average Bonchev–Trinajstić information content (AvgIpc) is 2.53. The molecule has 122 valence electrons. The quantitative estimate of drug-likeness (QED) is 0.862. The normalized spacial score (nSPS) is 11.8. The van der Waals surface area contributed by atoms with Crippen molar-refractivity contribution in [1.82, 2.24) is 5.32 Å². The molecule has 0 heterocycles. The van der Waals surface area contributed by atoms with Gasteiger partial charge in [0, 0.05) is 12.1 Å². The first-order valence-corrected chi connectivity index (χ1v) is 7.68. The number of hydrogen-bond donors (Lipinski definition) is 2. The van der Waals surface area contributed by atoms with Gasteiger partial charge < -0.3 is 15.2 Å². The molecule has 0 saturated heterocycles. The van der Waals surface area contributed by atoms with Crippen molar-refractivity contribution in [3.63, 3.8) is 0 Å². The summed E-state index contributed by atoms with van der Waals surface area (Å²) < 4.78 is 5.52. The molecule has 2 rings (SSSR count). The molecule has 0 saturated carbocycles. The van der Waals surface area contributed by atoms with Gasteiger partial charge in [-0.15, -0.1) is 0 Å². The third kappa shape index (κ3) is 5.11. The fourth-order valence-electron chi connectivity index (χ4n) is 2.15. The third-order valence-corrected chi connectivity index (χ3v) is 3.70. The van der Waals surface area contributed by atoms with Gasteiger partial charge in [-0.1, -0.05) is 18.2 Å². The Morgan fingerprint density at radius 3 is 2.61 bits per heavy atom. The van der Waals surface area contributed by atoms with E-state index < -0.39 is 6.10 Å². The number of rotatable bonds is 6. The minimum Gasteiger partial charge on any atom is -0.491 e. The number of carbonyl (C=O) groups is 1. The van der Waals surface area contributed by atoms with Gasteiger partial charge in [0.15, 0.2) is 0 Å². The van der Waals surface area contributed by atoms with Crippen molar-refractivity contribution < 1.29 is 14.6 Å². The molecule has 0 aliphatic heterocycles. The van der Waals surface area contributed by atoms with Gasteiger partial charge in [-0.25, -0.2) is 0 Å². The first-order valence-electron chi connectivity index (χ1n) is 7.68. The minimum absolute atomic E-state index is 0.136. The van der Waals surface area contributed by atoms with E-state index in [2.05, 4.69) is 5.32 Å². The zero-order chi connectivity index (χ0) is 16.8. The summed E-state index contributed by atoms with van der Waals surface area (Å²) in [5.74, 6) is 0.521. The van der Waals surface area contributed by atoms with Crippen LogP contribution in [0.4, 0.5) is 0 Å². The van der Waals surface area contributed by atoms with Crippen molar-refractivity contribution >= 4 is 5.91 Å². The zero-order valence-corrected chi connectivity index (χ0v) is 13.8. The maximum absolute atomic E-state index is 12.1. The largest absolute Gasteiger partial charge is 0.491 e. The van der Waals surface area contributed by atoms with E-state index in [1.54, 1.807) is 6.07 Å². The van der Waals surface area contributed by atoms with Crippen LogP contribution in [0, 0.1) is 20.8 Å². The second-order valence-electron chi connectivity index (χ2n) is 5.79. The molecule has 0 bridgehead atoms. The molecule has 2 N–H and O–H groups in total. The van der Waals surface area contributed by atoms with E-state index in [4.69, 9.17) is 4.74 Å². The lowest BCUT2D eigenvalue weighted by Crippen LogP contribution is -2.35.